The van der Waals surface area contributed by atoms with Gasteiger partial charge in [0, 0.05) is 85.3 Å². The molecule has 10 nitrogen and oxygen atoms in total. The van der Waals surface area contributed by atoms with Crippen LogP contribution in [0.15, 0.2) is 146 Å². The predicted octanol–water partition coefficient (Wildman–Crippen LogP) is 12.5. The average molecular weight is 817 g/mol. The minimum Gasteiger partial charge on any atom is -0.457 e. The highest BCUT2D eigenvalue weighted by Crippen LogP contribution is 2.44. The highest BCUT2D eigenvalue weighted by molar-refractivity contribution is 6.20. The lowest BCUT2D eigenvalue weighted by Crippen LogP contribution is -2.12. The van der Waals surface area contributed by atoms with Crippen LogP contribution in [0.2, 0.25) is 0 Å². The fourth-order valence-electron chi connectivity index (χ4n) is 8.32. The van der Waals surface area contributed by atoms with Crippen LogP contribution in [-0.2, 0) is 24.9 Å². The zero-order chi connectivity index (χ0) is 42.9. The van der Waals surface area contributed by atoms with Gasteiger partial charge in [-0.3, -0.25) is 9.13 Å². The van der Waals surface area contributed by atoms with E-state index >= 15 is 0 Å². The minimum atomic E-state index is -0.0998. The Kier molecular flexibility index (Phi) is 9.13. The lowest BCUT2D eigenvalue weighted by atomic mass is 9.88. The summed E-state index contributed by atoms with van der Waals surface area (Å²) in [6, 6.07) is 37.4. The van der Waals surface area contributed by atoms with Crippen LogP contribution in [0.1, 0.15) is 52.7 Å². The van der Waals surface area contributed by atoms with Gasteiger partial charge in [-0.15, -0.1) is 0 Å². The number of pyridine rings is 2. The van der Waals surface area contributed by atoms with Crippen LogP contribution in [0.3, 0.4) is 0 Å². The van der Waals surface area contributed by atoms with Gasteiger partial charge >= 0.3 is 0 Å². The monoisotopic (exact) mass is 816 g/mol. The highest BCUT2D eigenvalue weighted by atomic mass is 16.5. The van der Waals surface area contributed by atoms with Crippen molar-refractivity contribution in [3.05, 3.63) is 158 Å². The van der Waals surface area contributed by atoms with Crippen molar-refractivity contribution in [1.82, 2.24) is 38.2 Å². The zero-order valence-electron chi connectivity index (χ0n) is 36.3. The molecular weight excluding hydrogens is 769 g/mol. The van der Waals surface area contributed by atoms with E-state index in [4.69, 9.17) is 19.4 Å². The largest absolute Gasteiger partial charge is 0.457 e. The first kappa shape index (κ1) is 38.7. The van der Waals surface area contributed by atoms with Gasteiger partial charge in [-0.1, -0.05) is 65.8 Å². The molecule has 0 atom stereocenters. The zero-order valence-corrected chi connectivity index (χ0v) is 36.3. The Morgan fingerprint density at radius 3 is 1.24 bits per heavy atom. The summed E-state index contributed by atoms with van der Waals surface area (Å²) in [7, 11) is 3.99. The molecule has 0 amide bonds. The van der Waals surface area contributed by atoms with Crippen molar-refractivity contribution in [3.63, 3.8) is 0 Å². The number of imidazole rings is 2. The molecule has 0 bridgehead atoms. The Hall–Kier alpha value is -7.46. The molecule has 0 saturated carbocycles. The van der Waals surface area contributed by atoms with Gasteiger partial charge in [-0.05, 0) is 94.8 Å². The van der Waals surface area contributed by atoms with Gasteiger partial charge in [0.15, 0.2) is 0 Å². The predicted molar refractivity (Wildman–Crippen MR) is 248 cm³/mol. The average Bonchev–Trinajstić information content (AvgIpc) is 4.03. The summed E-state index contributed by atoms with van der Waals surface area (Å²) < 4.78 is 21.9. The van der Waals surface area contributed by atoms with E-state index in [2.05, 4.69) is 109 Å². The molecule has 0 radical (unpaired) electrons. The van der Waals surface area contributed by atoms with Crippen LogP contribution in [-0.4, -0.2) is 38.2 Å². The minimum absolute atomic E-state index is 0.0998. The maximum Gasteiger partial charge on any atom is 0.139 e. The first-order valence-corrected chi connectivity index (χ1v) is 20.9. The molecular formula is C52H48N8O2. The fraction of sp³-hybridized carbons (Fsp3) is 0.192. The molecule has 0 saturated heterocycles. The van der Waals surface area contributed by atoms with Crippen LogP contribution < -0.4 is 9.47 Å². The number of aryl methyl sites for hydroxylation is 2. The summed E-state index contributed by atoms with van der Waals surface area (Å²) >= 11 is 0. The van der Waals surface area contributed by atoms with Gasteiger partial charge in [-0.2, -0.15) is 0 Å². The van der Waals surface area contributed by atoms with Crippen LogP contribution in [0.5, 0.6) is 23.0 Å². The number of rotatable bonds is 8. The third-order valence-electron chi connectivity index (χ3n) is 11.6. The van der Waals surface area contributed by atoms with Crippen molar-refractivity contribution in [2.75, 3.05) is 0 Å². The van der Waals surface area contributed by atoms with Crippen LogP contribution in [0.25, 0.3) is 67.3 Å². The molecule has 10 aromatic rings. The Morgan fingerprint density at radius 1 is 0.435 bits per heavy atom. The van der Waals surface area contributed by atoms with E-state index in [1.165, 1.54) is 11.1 Å². The normalized spacial score (nSPS) is 12.2. The number of fused-ring (bicyclic) bond motifs is 5. The Labute approximate surface area is 360 Å². The quantitative estimate of drug-likeness (QED) is 0.152. The SMILES string of the molecule is Cn1ccnc1-c1cccc(Oc2ccc3c(c2)n(-c2cc(C(C)(C)C)ccn2)c2c4ccc(Oc5cccc(-c6nccn6C)c5)cc4n(-c4cc(C(C)(C)C)ccn4)c32)c1. The van der Waals surface area contributed by atoms with E-state index in [1.807, 2.05) is 109 Å². The van der Waals surface area contributed by atoms with Gasteiger partial charge in [0.2, 0.25) is 0 Å². The molecule has 0 fully saturated rings. The fourth-order valence-corrected chi connectivity index (χ4v) is 8.32. The Bertz CT molecular complexity index is 3090. The summed E-state index contributed by atoms with van der Waals surface area (Å²) in [6.45, 7) is 13.4. The van der Waals surface area contributed by atoms with Crippen molar-refractivity contribution >= 4 is 32.8 Å². The topological polar surface area (TPSA) is 89.7 Å². The summed E-state index contributed by atoms with van der Waals surface area (Å²) in [5.41, 5.74) is 8.05. The maximum absolute atomic E-state index is 6.66. The van der Waals surface area contributed by atoms with E-state index in [9.17, 15) is 0 Å². The van der Waals surface area contributed by atoms with E-state index in [0.717, 1.165) is 78.7 Å². The van der Waals surface area contributed by atoms with E-state index < -0.39 is 0 Å². The lowest BCUT2D eigenvalue weighted by Gasteiger charge is -2.20. The van der Waals surface area contributed by atoms with Gasteiger partial charge in [-0.25, -0.2) is 19.9 Å². The van der Waals surface area contributed by atoms with Crippen molar-refractivity contribution < 1.29 is 9.47 Å². The Balaban J connectivity index is 1.21. The number of ether oxygens (including phenoxy) is 2. The van der Waals surface area contributed by atoms with Crippen LogP contribution >= 0.6 is 0 Å². The molecule has 6 heterocycles. The van der Waals surface area contributed by atoms with Gasteiger partial charge in [0.1, 0.15) is 46.3 Å². The van der Waals surface area contributed by atoms with Gasteiger partial charge < -0.3 is 18.6 Å². The maximum atomic E-state index is 6.66. The number of hydrogen-bond donors (Lipinski definition) is 0. The van der Waals surface area contributed by atoms with Crippen molar-refractivity contribution in [3.8, 4) is 57.4 Å². The summed E-state index contributed by atoms with van der Waals surface area (Å²) in [5, 5.41) is 2.06. The second kappa shape index (κ2) is 14.6. The number of aromatic nitrogens is 8. The van der Waals surface area contributed by atoms with E-state index in [1.54, 1.807) is 12.4 Å². The lowest BCUT2D eigenvalue weighted by molar-refractivity contribution is 0.483. The third kappa shape index (κ3) is 6.87. The van der Waals surface area contributed by atoms with Crippen molar-refractivity contribution in [2.45, 2.75) is 52.4 Å². The van der Waals surface area contributed by atoms with Gasteiger partial charge in [0.25, 0.3) is 0 Å². The van der Waals surface area contributed by atoms with Crippen LogP contribution in [0.4, 0.5) is 0 Å². The second-order valence-electron chi connectivity index (χ2n) is 18.0. The second-order valence-corrected chi connectivity index (χ2v) is 18.0. The first-order valence-electron chi connectivity index (χ1n) is 20.9. The molecule has 10 rings (SSSR count). The van der Waals surface area contributed by atoms with E-state index in [-0.39, 0.29) is 10.8 Å². The standard InChI is InChI=1S/C52H48N8O2/c1-51(2,3)35-19-21-53-45(29-35)59-43-31-39(61-37-13-9-11-33(27-37)49-55-23-25-57(49)7)15-17-41(43)48-47(59)42-18-16-40(62-38-14-10-12-34(28-38)50-56-24-26-58(50)8)32-44(42)60(48)46-30-36(20-22-54-46)52(4,5)6/h9-32H,1-8H3. The molecule has 0 spiro atoms. The number of benzene rings is 4. The molecule has 0 aliphatic rings. The summed E-state index contributed by atoms with van der Waals surface area (Å²) in [5.74, 6) is 6.21. The Morgan fingerprint density at radius 2 is 0.855 bits per heavy atom. The molecule has 6 aromatic heterocycles. The molecule has 0 aliphatic carbocycles. The molecule has 0 aliphatic heterocycles. The molecule has 62 heavy (non-hydrogen) atoms. The molecule has 0 unspecified atom stereocenters. The van der Waals surface area contributed by atoms with Crippen LogP contribution in [0, 0.1) is 0 Å². The highest BCUT2D eigenvalue weighted by Gasteiger charge is 2.26. The smallest absolute Gasteiger partial charge is 0.139 e. The van der Waals surface area contributed by atoms with Crippen molar-refractivity contribution in [2.24, 2.45) is 14.1 Å². The summed E-state index contributed by atoms with van der Waals surface area (Å²) in [4.78, 5) is 19.2. The molecule has 308 valence electrons. The molecule has 4 aromatic carbocycles. The number of nitrogens with zero attached hydrogens (tertiary/aromatic N) is 8. The van der Waals surface area contributed by atoms with Crippen molar-refractivity contribution in [1.29, 1.82) is 0 Å². The molecule has 10 heteroatoms. The van der Waals surface area contributed by atoms with E-state index in [0.29, 0.717) is 11.5 Å². The van der Waals surface area contributed by atoms with Gasteiger partial charge in [0.05, 0.1) is 22.1 Å². The number of hydrogen-bond acceptors (Lipinski definition) is 6. The first-order chi connectivity index (χ1) is 29.8. The molecule has 0 N–H and O–H groups in total. The third-order valence-corrected chi connectivity index (χ3v) is 11.6. The summed E-state index contributed by atoms with van der Waals surface area (Å²) in [6.07, 6.45) is 11.3.